The van der Waals surface area contributed by atoms with Gasteiger partial charge in [0.15, 0.2) is 17.5 Å². The van der Waals surface area contributed by atoms with E-state index in [0.717, 1.165) is 57.6 Å². The molecule has 0 bridgehead atoms. The van der Waals surface area contributed by atoms with Gasteiger partial charge in [-0.2, -0.15) is 0 Å². The van der Waals surface area contributed by atoms with E-state index < -0.39 is 0 Å². The van der Waals surface area contributed by atoms with Gasteiger partial charge >= 0.3 is 0 Å². The summed E-state index contributed by atoms with van der Waals surface area (Å²) < 4.78 is 16.0. The summed E-state index contributed by atoms with van der Waals surface area (Å²) in [6.07, 6.45) is 0. The number of benzene rings is 1. The van der Waals surface area contributed by atoms with Crippen LogP contribution in [0.25, 0.3) is 0 Å². The Balaban J connectivity index is 1.95. The molecule has 0 radical (unpaired) electrons. The lowest BCUT2D eigenvalue weighted by molar-refractivity contribution is 0.0394. The minimum atomic E-state index is 0.687. The van der Waals surface area contributed by atoms with Crippen molar-refractivity contribution in [2.24, 2.45) is 4.99 Å². The molecule has 1 aromatic rings. The first kappa shape index (κ1) is 18.4. The van der Waals surface area contributed by atoms with Crippen molar-refractivity contribution in [1.29, 1.82) is 0 Å². The first-order chi connectivity index (χ1) is 11.8. The quantitative estimate of drug-likeness (QED) is 0.580. The van der Waals surface area contributed by atoms with Crippen LogP contribution in [0.15, 0.2) is 23.2 Å². The number of morpholine rings is 1. The fourth-order valence-corrected chi connectivity index (χ4v) is 2.49. The van der Waals surface area contributed by atoms with E-state index in [1.54, 1.807) is 14.2 Å². The van der Waals surface area contributed by atoms with E-state index in [2.05, 4.69) is 20.5 Å². The number of anilines is 1. The molecule has 0 atom stereocenters. The Morgan fingerprint density at radius 3 is 2.62 bits per heavy atom. The molecule has 0 saturated carbocycles. The molecule has 134 valence electrons. The van der Waals surface area contributed by atoms with Crippen LogP contribution in [0.2, 0.25) is 0 Å². The van der Waals surface area contributed by atoms with Crippen molar-refractivity contribution < 1.29 is 14.2 Å². The zero-order valence-corrected chi connectivity index (χ0v) is 14.8. The van der Waals surface area contributed by atoms with Crippen LogP contribution in [0.4, 0.5) is 5.69 Å². The van der Waals surface area contributed by atoms with E-state index in [9.17, 15) is 0 Å². The van der Waals surface area contributed by atoms with Gasteiger partial charge in [0.1, 0.15) is 0 Å². The van der Waals surface area contributed by atoms with E-state index in [0.29, 0.717) is 11.5 Å². The summed E-state index contributed by atoms with van der Waals surface area (Å²) in [7, 11) is 3.26. The van der Waals surface area contributed by atoms with E-state index in [-0.39, 0.29) is 0 Å². The Morgan fingerprint density at radius 2 is 1.96 bits per heavy atom. The number of guanidine groups is 1. The van der Waals surface area contributed by atoms with E-state index in [4.69, 9.17) is 14.2 Å². The number of hydrogen-bond donors (Lipinski definition) is 2. The SMILES string of the molecule is CCNC(=NCCN1CCOCC1)Nc1ccc(OC)c(OC)c1. The molecule has 0 aromatic heterocycles. The van der Waals surface area contributed by atoms with Crippen LogP contribution < -0.4 is 20.1 Å². The lowest BCUT2D eigenvalue weighted by Gasteiger charge is -2.25. The number of aliphatic imine (C=N–C) groups is 1. The molecule has 2 N–H and O–H groups in total. The molecule has 0 aliphatic carbocycles. The van der Waals surface area contributed by atoms with Crippen molar-refractivity contribution >= 4 is 11.6 Å². The van der Waals surface area contributed by atoms with Crippen LogP contribution in [0.5, 0.6) is 11.5 Å². The Labute approximate surface area is 144 Å². The van der Waals surface area contributed by atoms with Gasteiger partial charge in [0, 0.05) is 37.9 Å². The summed E-state index contributed by atoms with van der Waals surface area (Å²) in [6.45, 7) is 8.12. The summed E-state index contributed by atoms with van der Waals surface area (Å²) in [6, 6.07) is 5.71. The van der Waals surface area contributed by atoms with Gasteiger partial charge in [-0.05, 0) is 19.1 Å². The number of methoxy groups -OCH3 is 2. The van der Waals surface area contributed by atoms with Gasteiger partial charge in [-0.15, -0.1) is 0 Å². The van der Waals surface area contributed by atoms with E-state index >= 15 is 0 Å². The lowest BCUT2D eigenvalue weighted by atomic mass is 10.3. The largest absolute Gasteiger partial charge is 0.493 e. The normalized spacial score (nSPS) is 15.9. The van der Waals surface area contributed by atoms with Crippen LogP contribution in [-0.2, 0) is 4.74 Å². The second-order valence-corrected chi connectivity index (χ2v) is 5.41. The van der Waals surface area contributed by atoms with Crippen LogP contribution in [0.3, 0.4) is 0 Å². The molecule has 0 unspecified atom stereocenters. The molecule has 0 amide bonds. The summed E-state index contributed by atoms with van der Waals surface area (Å²) in [5, 5.41) is 6.56. The molecular weight excluding hydrogens is 308 g/mol. The molecule has 0 spiro atoms. The highest BCUT2D eigenvalue weighted by molar-refractivity contribution is 5.93. The average molecular weight is 336 g/mol. The van der Waals surface area contributed by atoms with Crippen molar-refractivity contribution in [3.8, 4) is 11.5 Å². The van der Waals surface area contributed by atoms with Gasteiger partial charge in [-0.3, -0.25) is 9.89 Å². The second kappa shape index (κ2) is 10.00. The van der Waals surface area contributed by atoms with Crippen LogP contribution in [-0.4, -0.2) is 71.0 Å². The highest BCUT2D eigenvalue weighted by Crippen LogP contribution is 2.29. The lowest BCUT2D eigenvalue weighted by Crippen LogP contribution is -2.38. The van der Waals surface area contributed by atoms with Gasteiger partial charge in [0.2, 0.25) is 0 Å². The highest BCUT2D eigenvalue weighted by Gasteiger charge is 2.10. The molecule has 1 aliphatic heterocycles. The number of ether oxygens (including phenoxy) is 3. The summed E-state index contributed by atoms with van der Waals surface area (Å²) in [4.78, 5) is 7.01. The monoisotopic (exact) mass is 336 g/mol. The zero-order valence-electron chi connectivity index (χ0n) is 14.8. The predicted octanol–water partition coefficient (Wildman–Crippen LogP) is 1.41. The number of hydrogen-bond acceptors (Lipinski definition) is 5. The molecule has 7 heteroatoms. The van der Waals surface area contributed by atoms with Crippen molar-refractivity contribution in [1.82, 2.24) is 10.2 Å². The zero-order chi connectivity index (χ0) is 17.2. The van der Waals surface area contributed by atoms with E-state index in [1.165, 1.54) is 0 Å². The van der Waals surface area contributed by atoms with Gasteiger partial charge in [-0.25, -0.2) is 0 Å². The van der Waals surface area contributed by atoms with Gasteiger partial charge in [0.25, 0.3) is 0 Å². The number of nitrogens with zero attached hydrogens (tertiary/aromatic N) is 2. The average Bonchev–Trinajstić information content (AvgIpc) is 2.62. The molecule has 24 heavy (non-hydrogen) atoms. The van der Waals surface area contributed by atoms with Crippen LogP contribution >= 0.6 is 0 Å². The standard InChI is InChI=1S/C17H28N4O3/c1-4-18-17(19-7-8-21-9-11-24-12-10-21)20-14-5-6-15(22-2)16(13-14)23-3/h5-6,13H,4,7-12H2,1-3H3,(H2,18,19,20). The maximum atomic E-state index is 5.36. The second-order valence-electron chi connectivity index (χ2n) is 5.41. The van der Waals surface area contributed by atoms with Crippen molar-refractivity contribution in [3.05, 3.63) is 18.2 Å². The predicted molar refractivity (Wildman–Crippen MR) is 96.4 cm³/mol. The molecule has 1 fully saturated rings. The first-order valence-electron chi connectivity index (χ1n) is 8.34. The van der Waals surface area contributed by atoms with Crippen molar-refractivity contribution in [3.63, 3.8) is 0 Å². The molecule has 7 nitrogen and oxygen atoms in total. The Kier molecular flexibility index (Phi) is 7.64. The fraction of sp³-hybridized carbons (Fsp3) is 0.588. The third kappa shape index (κ3) is 5.58. The Hall–Kier alpha value is -1.99. The topological polar surface area (TPSA) is 67.4 Å². The van der Waals surface area contributed by atoms with E-state index in [1.807, 2.05) is 25.1 Å². The Bertz CT molecular complexity index is 531. The third-order valence-corrected chi connectivity index (χ3v) is 3.78. The summed E-state index contributed by atoms with van der Waals surface area (Å²) in [5.74, 6) is 2.15. The smallest absolute Gasteiger partial charge is 0.195 e. The molecule has 2 rings (SSSR count). The number of rotatable bonds is 7. The summed E-state index contributed by atoms with van der Waals surface area (Å²) in [5.41, 5.74) is 0.902. The van der Waals surface area contributed by atoms with Gasteiger partial charge in [-0.1, -0.05) is 0 Å². The molecule has 1 aromatic carbocycles. The van der Waals surface area contributed by atoms with Gasteiger partial charge in [0.05, 0.1) is 34.0 Å². The molecule has 1 saturated heterocycles. The minimum Gasteiger partial charge on any atom is -0.493 e. The molecule has 1 heterocycles. The molecular formula is C17H28N4O3. The maximum Gasteiger partial charge on any atom is 0.195 e. The summed E-state index contributed by atoms with van der Waals surface area (Å²) >= 11 is 0. The maximum absolute atomic E-state index is 5.36. The minimum absolute atomic E-state index is 0.687. The highest BCUT2D eigenvalue weighted by atomic mass is 16.5. The molecule has 1 aliphatic rings. The fourth-order valence-electron chi connectivity index (χ4n) is 2.49. The Morgan fingerprint density at radius 1 is 1.21 bits per heavy atom. The van der Waals surface area contributed by atoms with Gasteiger partial charge < -0.3 is 24.8 Å². The van der Waals surface area contributed by atoms with Crippen molar-refractivity contribution in [2.45, 2.75) is 6.92 Å². The van der Waals surface area contributed by atoms with Crippen LogP contribution in [0, 0.1) is 0 Å². The number of nitrogens with one attached hydrogen (secondary N) is 2. The van der Waals surface area contributed by atoms with Crippen LogP contribution in [0.1, 0.15) is 6.92 Å². The third-order valence-electron chi connectivity index (χ3n) is 3.78. The van der Waals surface area contributed by atoms with Crippen molar-refractivity contribution in [2.75, 3.05) is 65.5 Å². The first-order valence-corrected chi connectivity index (χ1v) is 8.34.